The zero-order chi connectivity index (χ0) is 19.3. The van der Waals surface area contributed by atoms with Gasteiger partial charge in [-0.25, -0.2) is 17.9 Å². The van der Waals surface area contributed by atoms with E-state index >= 15 is 0 Å². The van der Waals surface area contributed by atoms with Gasteiger partial charge in [0.05, 0.1) is 16.5 Å². The van der Waals surface area contributed by atoms with E-state index in [9.17, 15) is 8.42 Å². The Morgan fingerprint density at radius 3 is 2.89 bits per heavy atom. The van der Waals surface area contributed by atoms with Crippen molar-refractivity contribution >= 4 is 32.8 Å². The first kappa shape index (κ1) is 17.7. The minimum absolute atomic E-state index is 0.303. The number of aromatic nitrogens is 3. The fraction of sp³-hybridized carbons (Fsp3) is 0.263. The van der Waals surface area contributed by atoms with E-state index in [2.05, 4.69) is 10.1 Å². The van der Waals surface area contributed by atoms with Crippen LogP contribution in [0.5, 0.6) is 5.75 Å². The van der Waals surface area contributed by atoms with Crippen LogP contribution in [0.1, 0.15) is 17.5 Å². The van der Waals surface area contributed by atoms with E-state index in [1.54, 1.807) is 28.8 Å². The monoisotopic (exact) mass is 416 g/mol. The second-order valence-corrected chi connectivity index (χ2v) is 9.15. The summed E-state index contributed by atoms with van der Waals surface area (Å²) in [4.78, 5) is 4.44. The summed E-state index contributed by atoms with van der Waals surface area (Å²) in [6, 6.07) is 6.86. The Hall–Kier alpha value is -2.42. The lowest BCUT2D eigenvalue weighted by molar-refractivity contribution is 0.356. The van der Waals surface area contributed by atoms with Gasteiger partial charge >= 0.3 is 0 Å². The third-order valence-corrected chi connectivity index (χ3v) is 7.36. The van der Waals surface area contributed by atoms with E-state index in [0.717, 1.165) is 28.9 Å². The molecule has 0 fully saturated rings. The van der Waals surface area contributed by atoms with Crippen LogP contribution in [-0.4, -0.2) is 47.0 Å². The molecule has 2 aromatic heterocycles. The van der Waals surface area contributed by atoms with Crippen LogP contribution >= 0.6 is 11.6 Å². The van der Waals surface area contributed by atoms with Crippen LogP contribution in [0.4, 0.5) is 0 Å². The minimum atomic E-state index is -3.55. The molecule has 0 bridgehead atoms. The Balaban J connectivity index is 1.42. The fourth-order valence-corrected chi connectivity index (χ4v) is 5.36. The summed E-state index contributed by atoms with van der Waals surface area (Å²) in [5, 5.41) is 4.73. The van der Waals surface area contributed by atoms with E-state index in [-0.39, 0.29) is 0 Å². The summed E-state index contributed by atoms with van der Waals surface area (Å²) >= 11 is 6.40. The van der Waals surface area contributed by atoms with Crippen LogP contribution in [-0.2, 0) is 16.4 Å². The van der Waals surface area contributed by atoms with Gasteiger partial charge < -0.3 is 4.74 Å². The number of rotatable bonds is 3. The summed E-state index contributed by atoms with van der Waals surface area (Å²) in [5.74, 6) is 0.776. The first-order valence-electron chi connectivity index (χ1n) is 8.96. The SMILES string of the molecule is O=S(=O)(c1ccc2c(c1)CCO2)N1CC=C(c2cn3ncnc3cc2Cl)CC1. The molecule has 0 spiro atoms. The Bertz CT molecular complexity index is 1220. The molecular formula is C19H17ClN4O3S. The number of benzene rings is 1. The van der Waals surface area contributed by atoms with Gasteiger partial charge in [0.25, 0.3) is 0 Å². The zero-order valence-corrected chi connectivity index (χ0v) is 16.4. The molecule has 2 aliphatic rings. The smallest absolute Gasteiger partial charge is 0.243 e. The normalized spacial score (nSPS) is 17.4. The maximum absolute atomic E-state index is 13.0. The van der Waals surface area contributed by atoms with E-state index in [4.69, 9.17) is 16.3 Å². The number of ether oxygens (including phenoxy) is 1. The standard InChI is InChI=1S/C19H17ClN4O3S/c20-17-10-19-21-12-22-24(19)11-16(17)13-3-6-23(7-4-13)28(25,26)15-1-2-18-14(9-15)5-8-27-18/h1-3,9-12H,4-8H2. The van der Waals surface area contributed by atoms with Crippen LogP contribution in [0.25, 0.3) is 11.2 Å². The molecule has 0 saturated carbocycles. The minimum Gasteiger partial charge on any atom is -0.493 e. The molecule has 0 amide bonds. The lowest BCUT2D eigenvalue weighted by atomic mass is 10.0. The van der Waals surface area contributed by atoms with Gasteiger partial charge in [0.2, 0.25) is 10.0 Å². The highest BCUT2D eigenvalue weighted by Gasteiger charge is 2.28. The van der Waals surface area contributed by atoms with Gasteiger partial charge in [-0.05, 0) is 35.8 Å². The van der Waals surface area contributed by atoms with Gasteiger partial charge in [0.1, 0.15) is 12.1 Å². The first-order valence-corrected chi connectivity index (χ1v) is 10.8. The molecule has 0 radical (unpaired) electrons. The van der Waals surface area contributed by atoms with Gasteiger partial charge in [0.15, 0.2) is 5.65 Å². The topological polar surface area (TPSA) is 76.8 Å². The van der Waals surface area contributed by atoms with Crippen LogP contribution in [0.2, 0.25) is 5.02 Å². The van der Waals surface area contributed by atoms with Crippen molar-refractivity contribution in [2.24, 2.45) is 0 Å². The van der Waals surface area contributed by atoms with Crippen molar-refractivity contribution in [2.45, 2.75) is 17.7 Å². The molecule has 0 aliphatic carbocycles. The van der Waals surface area contributed by atoms with E-state index in [1.165, 1.54) is 10.6 Å². The summed E-state index contributed by atoms with van der Waals surface area (Å²) in [7, 11) is -3.55. The van der Waals surface area contributed by atoms with Gasteiger partial charge in [-0.2, -0.15) is 9.40 Å². The number of sulfonamides is 1. The maximum atomic E-state index is 13.0. The molecule has 4 heterocycles. The predicted molar refractivity (Wildman–Crippen MR) is 105 cm³/mol. The van der Waals surface area contributed by atoms with Gasteiger partial charge in [0, 0.05) is 37.3 Å². The molecule has 2 aliphatic heterocycles. The van der Waals surface area contributed by atoms with Crippen molar-refractivity contribution in [1.82, 2.24) is 18.9 Å². The average molecular weight is 417 g/mol. The van der Waals surface area contributed by atoms with Gasteiger partial charge in [-0.1, -0.05) is 17.7 Å². The van der Waals surface area contributed by atoms with Gasteiger partial charge in [-0.15, -0.1) is 0 Å². The summed E-state index contributed by atoms with van der Waals surface area (Å²) in [6.07, 6.45) is 6.54. The van der Waals surface area contributed by atoms with Crippen molar-refractivity contribution in [2.75, 3.05) is 19.7 Å². The second-order valence-electron chi connectivity index (χ2n) is 6.81. The Morgan fingerprint density at radius 2 is 2.07 bits per heavy atom. The highest BCUT2D eigenvalue weighted by Crippen LogP contribution is 2.32. The molecule has 9 heteroatoms. The number of halogens is 1. The summed E-state index contributed by atoms with van der Waals surface area (Å²) in [6.45, 7) is 1.30. The number of pyridine rings is 1. The van der Waals surface area contributed by atoms with E-state index in [1.807, 2.05) is 12.3 Å². The molecule has 5 rings (SSSR count). The Morgan fingerprint density at radius 1 is 1.18 bits per heavy atom. The van der Waals surface area contributed by atoms with E-state index < -0.39 is 10.0 Å². The number of fused-ring (bicyclic) bond motifs is 2. The van der Waals surface area contributed by atoms with Crippen LogP contribution in [0.15, 0.2) is 47.8 Å². The van der Waals surface area contributed by atoms with Crippen LogP contribution in [0, 0.1) is 0 Å². The van der Waals surface area contributed by atoms with Crippen molar-refractivity contribution in [3.8, 4) is 5.75 Å². The van der Waals surface area contributed by atoms with Crippen LogP contribution in [0.3, 0.4) is 0 Å². The van der Waals surface area contributed by atoms with Crippen molar-refractivity contribution in [3.05, 3.63) is 59.0 Å². The zero-order valence-electron chi connectivity index (χ0n) is 14.9. The van der Waals surface area contributed by atoms with Crippen molar-refractivity contribution in [3.63, 3.8) is 0 Å². The quantitative estimate of drug-likeness (QED) is 0.656. The number of hydrogen-bond donors (Lipinski definition) is 0. The molecule has 0 saturated heterocycles. The first-order chi connectivity index (χ1) is 13.5. The number of nitrogens with zero attached hydrogens (tertiary/aromatic N) is 4. The van der Waals surface area contributed by atoms with Crippen molar-refractivity contribution < 1.29 is 13.2 Å². The third kappa shape index (κ3) is 2.88. The average Bonchev–Trinajstić information content (AvgIpc) is 3.35. The Kier molecular flexibility index (Phi) is 4.15. The lowest BCUT2D eigenvalue weighted by Crippen LogP contribution is -2.34. The number of hydrogen-bond acceptors (Lipinski definition) is 5. The Labute approximate surface area is 167 Å². The molecule has 144 valence electrons. The molecular weight excluding hydrogens is 400 g/mol. The van der Waals surface area contributed by atoms with Gasteiger partial charge in [-0.3, -0.25) is 0 Å². The lowest BCUT2D eigenvalue weighted by Gasteiger charge is -2.26. The third-order valence-electron chi connectivity index (χ3n) is 5.18. The molecule has 3 aromatic rings. The fourth-order valence-electron chi connectivity index (χ4n) is 3.66. The largest absolute Gasteiger partial charge is 0.493 e. The van der Waals surface area contributed by atoms with Crippen LogP contribution < -0.4 is 4.74 Å². The maximum Gasteiger partial charge on any atom is 0.243 e. The summed E-state index contributed by atoms with van der Waals surface area (Å²) in [5.41, 5.74) is 3.49. The summed E-state index contributed by atoms with van der Waals surface area (Å²) < 4.78 is 34.7. The predicted octanol–water partition coefficient (Wildman–Crippen LogP) is 2.80. The molecule has 0 atom stereocenters. The molecule has 0 N–H and O–H groups in total. The highest BCUT2D eigenvalue weighted by molar-refractivity contribution is 7.89. The second kappa shape index (κ2) is 6.58. The molecule has 28 heavy (non-hydrogen) atoms. The van der Waals surface area contributed by atoms with Crippen molar-refractivity contribution in [1.29, 1.82) is 0 Å². The molecule has 7 nitrogen and oxygen atoms in total. The highest BCUT2D eigenvalue weighted by atomic mass is 35.5. The van der Waals surface area contributed by atoms with E-state index in [0.29, 0.717) is 41.7 Å². The molecule has 1 aromatic carbocycles. The molecule has 0 unspecified atom stereocenters.